The molecule has 0 aliphatic rings. The fourth-order valence-electron chi connectivity index (χ4n) is 3.95. The molecular weight excluding hydrogens is 356 g/mol. The summed E-state index contributed by atoms with van der Waals surface area (Å²) in [4.78, 5) is 4.84. The molecule has 3 nitrogen and oxygen atoms in total. The molecular formula is C26H23N2O+. The van der Waals surface area contributed by atoms with Crippen LogP contribution in [0.15, 0.2) is 71.3 Å². The van der Waals surface area contributed by atoms with Crippen LogP contribution in [0.4, 0.5) is 0 Å². The van der Waals surface area contributed by atoms with Gasteiger partial charge in [0.2, 0.25) is 11.4 Å². The van der Waals surface area contributed by atoms with E-state index in [4.69, 9.17) is 9.40 Å². The van der Waals surface area contributed by atoms with Gasteiger partial charge >= 0.3 is 0 Å². The number of fused-ring (bicyclic) bond motifs is 3. The second kappa shape index (κ2) is 6.56. The van der Waals surface area contributed by atoms with E-state index in [9.17, 15) is 0 Å². The third kappa shape index (κ3) is 2.90. The van der Waals surface area contributed by atoms with E-state index in [1.165, 1.54) is 16.7 Å². The van der Waals surface area contributed by atoms with Crippen molar-refractivity contribution in [3.05, 3.63) is 83.6 Å². The molecule has 0 N–H and O–H groups in total. The van der Waals surface area contributed by atoms with Crippen molar-refractivity contribution >= 4 is 22.1 Å². The number of aryl methyl sites for hydroxylation is 4. The molecule has 0 spiro atoms. The fraction of sp³-hybridized carbons (Fsp3) is 0.154. The standard InChI is InChI=1S/C26H23N2O/c1-16-5-8-19(9-6-16)22-12-11-21-20-10-7-18(3)24(25(20)29-26(21)27-22)23-15-17(2)13-14-28(23)4/h5-15H,1-4H3/q+1. The molecule has 5 rings (SSSR count). The number of nitrogens with zero attached hydrogens (tertiary/aromatic N) is 2. The Morgan fingerprint density at radius 2 is 1.55 bits per heavy atom. The predicted molar refractivity (Wildman–Crippen MR) is 118 cm³/mol. The van der Waals surface area contributed by atoms with Crippen molar-refractivity contribution in [2.75, 3.05) is 0 Å². The van der Waals surface area contributed by atoms with Gasteiger partial charge in [-0.3, -0.25) is 0 Å². The van der Waals surface area contributed by atoms with Crippen LogP contribution in [0.1, 0.15) is 16.7 Å². The smallest absolute Gasteiger partial charge is 0.227 e. The van der Waals surface area contributed by atoms with E-state index in [0.717, 1.165) is 38.9 Å². The zero-order valence-corrected chi connectivity index (χ0v) is 17.2. The Morgan fingerprint density at radius 3 is 2.34 bits per heavy atom. The van der Waals surface area contributed by atoms with Gasteiger partial charge in [0, 0.05) is 28.5 Å². The van der Waals surface area contributed by atoms with Gasteiger partial charge in [-0.1, -0.05) is 42.0 Å². The van der Waals surface area contributed by atoms with Crippen LogP contribution in [0, 0.1) is 20.8 Å². The summed E-state index contributed by atoms with van der Waals surface area (Å²) in [6.45, 7) is 6.34. The van der Waals surface area contributed by atoms with Gasteiger partial charge in [-0.25, -0.2) is 9.55 Å². The molecule has 0 saturated carbocycles. The monoisotopic (exact) mass is 379 g/mol. The van der Waals surface area contributed by atoms with Crippen molar-refractivity contribution in [2.24, 2.45) is 7.05 Å². The highest BCUT2D eigenvalue weighted by atomic mass is 16.3. The van der Waals surface area contributed by atoms with Gasteiger partial charge < -0.3 is 4.42 Å². The van der Waals surface area contributed by atoms with E-state index < -0.39 is 0 Å². The van der Waals surface area contributed by atoms with Crippen LogP contribution < -0.4 is 4.57 Å². The Morgan fingerprint density at radius 1 is 0.793 bits per heavy atom. The maximum absolute atomic E-state index is 6.38. The molecule has 0 saturated heterocycles. The van der Waals surface area contributed by atoms with Crippen LogP contribution in [0.2, 0.25) is 0 Å². The first kappa shape index (κ1) is 17.6. The summed E-state index contributed by atoms with van der Waals surface area (Å²) in [6, 6.07) is 21.3. The predicted octanol–water partition coefficient (Wildman–Crippen LogP) is 6.06. The van der Waals surface area contributed by atoms with Gasteiger partial charge in [0.1, 0.15) is 7.05 Å². The van der Waals surface area contributed by atoms with Gasteiger partial charge in [0.05, 0.1) is 11.3 Å². The van der Waals surface area contributed by atoms with E-state index in [-0.39, 0.29) is 0 Å². The van der Waals surface area contributed by atoms with Crippen LogP contribution in [-0.4, -0.2) is 4.98 Å². The van der Waals surface area contributed by atoms with Gasteiger partial charge in [-0.2, -0.15) is 0 Å². The van der Waals surface area contributed by atoms with Gasteiger partial charge in [0.25, 0.3) is 0 Å². The Balaban J connectivity index is 1.77. The molecule has 3 aromatic heterocycles. The summed E-state index contributed by atoms with van der Waals surface area (Å²) in [6.07, 6.45) is 2.10. The summed E-state index contributed by atoms with van der Waals surface area (Å²) >= 11 is 0. The van der Waals surface area contributed by atoms with Crippen molar-refractivity contribution in [3.8, 4) is 22.5 Å². The SMILES string of the molecule is Cc1ccc(-c2ccc3c(n2)oc2c(-c4cc(C)cc[n+]4C)c(C)ccc23)cc1. The van der Waals surface area contributed by atoms with E-state index >= 15 is 0 Å². The molecule has 0 unspecified atom stereocenters. The largest absolute Gasteiger partial charge is 0.437 e. The first-order chi connectivity index (χ1) is 14.0. The highest BCUT2D eigenvalue weighted by molar-refractivity contribution is 6.09. The number of hydrogen-bond donors (Lipinski definition) is 0. The Hall–Kier alpha value is -3.46. The average Bonchev–Trinajstić information content (AvgIpc) is 3.08. The quantitative estimate of drug-likeness (QED) is 0.349. The third-order valence-corrected chi connectivity index (χ3v) is 5.62. The molecule has 3 heteroatoms. The number of hydrogen-bond acceptors (Lipinski definition) is 2. The van der Waals surface area contributed by atoms with Crippen LogP contribution in [0.3, 0.4) is 0 Å². The lowest BCUT2D eigenvalue weighted by atomic mass is 10.00. The van der Waals surface area contributed by atoms with Crippen LogP contribution >= 0.6 is 0 Å². The lowest BCUT2D eigenvalue weighted by molar-refractivity contribution is -0.660. The molecule has 0 fully saturated rings. The Bertz CT molecular complexity index is 1380. The first-order valence-electron chi connectivity index (χ1n) is 9.88. The Labute approximate surface area is 170 Å². The van der Waals surface area contributed by atoms with Crippen molar-refractivity contribution < 1.29 is 8.98 Å². The molecule has 5 aromatic rings. The number of aromatic nitrogens is 2. The molecule has 2 aromatic carbocycles. The van der Waals surface area contributed by atoms with Gasteiger partial charge in [0.15, 0.2) is 11.8 Å². The lowest BCUT2D eigenvalue weighted by Crippen LogP contribution is -2.30. The zero-order valence-electron chi connectivity index (χ0n) is 17.2. The highest BCUT2D eigenvalue weighted by Crippen LogP contribution is 2.37. The van der Waals surface area contributed by atoms with Crippen molar-refractivity contribution in [1.82, 2.24) is 4.98 Å². The van der Waals surface area contributed by atoms with E-state index in [2.05, 4.69) is 99.2 Å². The first-order valence-corrected chi connectivity index (χ1v) is 9.88. The number of benzene rings is 2. The summed E-state index contributed by atoms with van der Waals surface area (Å²) in [5.74, 6) is 0. The van der Waals surface area contributed by atoms with Gasteiger partial charge in [-0.15, -0.1) is 0 Å². The van der Waals surface area contributed by atoms with E-state index in [1.54, 1.807) is 0 Å². The number of rotatable bonds is 2. The van der Waals surface area contributed by atoms with E-state index in [1.807, 2.05) is 0 Å². The third-order valence-electron chi connectivity index (χ3n) is 5.62. The molecule has 29 heavy (non-hydrogen) atoms. The number of pyridine rings is 2. The summed E-state index contributed by atoms with van der Waals surface area (Å²) in [5, 5.41) is 2.15. The molecule has 0 aliphatic heterocycles. The molecule has 0 aliphatic carbocycles. The van der Waals surface area contributed by atoms with Crippen LogP contribution in [0.5, 0.6) is 0 Å². The minimum absolute atomic E-state index is 0.681. The fourth-order valence-corrected chi connectivity index (χ4v) is 3.95. The van der Waals surface area contributed by atoms with Crippen molar-refractivity contribution in [1.29, 1.82) is 0 Å². The van der Waals surface area contributed by atoms with Gasteiger partial charge in [-0.05, 0) is 44.0 Å². The lowest BCUT2D eigenvalue weighted by Gasteiger charge is -2.06. The average molecular weight is 379 g/mol. The molecule has 0 radical (unpaired) electrons. The maximum atomic E-state index is 6.38. The highest BCUT2D eigenvalue weighted by Gasteiger charge is 2.21. The van der Waals surface area contributed by atoms with Crippen LogP contribution in [0.25, 0.3) is 44.6 Å². The second-order valence-electron chi connectivity index (χ2n) is 7.85. The van der Waals surface area contributed by atoms with E-state index in [0.29, 0.717) is 5.71 Å². The summed E-state index contributed by atoms with van der Waals surface area (Å²) in [7, 11) is 2.07. The summed E-state index contributed by atoms with van der Waals surface area (Å²) in [5.41, 5.74) is 9.53. The second-order valence-corrected chi connectivity index (χ2v) is 7.85. The van der Waals surface area contributed by atoms with Crippen molar-refractivity contribution in [2.45, 2.75) is 20.8 Å². The topological polar surface area (TPSA) is 29.9 Å². The minimum atomic E-state index is 0.681. The molecule has 0 bridgehead atoms. The van der Waals surface area contributed by atoms with Crippen molar-refractivity contribution in [3.63, 3.8) is 0 Å². The minimum Gasteiger partial charge on any atom is -0.437 e. The molecule has 0 amide bonds. The number of furan rings is 1. The van der Waals surface area contributed by atoms with Crippen LogP contribution in [-0.2, 0) is 7.05 Å². The molecule has 3 heterocycles. The zero-order chi connectivity index (χ0) is 20.1. The molecule has 142 valence electrons. The Kier molecular flexibility index (Phi) is 3.99. The summed E-state index contributed by atoms with van der Waals surface area (Å²) < 4.78 is 8.52. The maximum Gasteiger partial charge on any atom is 0.227 e. The molecule has 0 atom stereocenters. The normalized spacial score (nSPS) is 11.4.